The standard InChI is InChI=1S/C26H22F7N5O2.C23H18F4N4O3/c1-15-11-16(5-6-19(15)24(39)35-10-8-26(31,32)33)21-14-36-23-20(34-9-7-25(28,29)30)13-22(37-38(21)23)40-18-4-2-3-17(27)12-18;1-13-9-14(5-6-17(13)22(32)33)19-12-29-21-18(28-8-7-23(25,26)27)11-20(30-31(19)21)34-16-4-2-3-15(24)10-16/h2-6,11-14,34H,7-10H2,1H3,(H,35,39);2-6,9-12,28H,7-8H2,1H3,(H,32,33). The summed E-state index contributed by atoms with van der Waals surface area (Å²) in [6.07, 6.45) is -13.6. The van der Waals surface area contributed by atoms with Crippen LogP contribution in [0.25, 0.3) is 33.8 Å². The second-order valence-electron chi connectivity index (χ2n) is 16.2. The first-order chi connectivity index (χ1) is 34.9. The van der Waals surface area contributed by atoms with Gasteiger partial charge in [0, 0.05) is 60.6 Å². The summed E-state index contributed by atoms with van der Waals surface area (Å²) in [5.74, 6) is -2.66. The van der Waals surface area contributed by atoms with Crippen LogP contribution in [0.5, 0.6) is 23.3 Å². The zero-order valence-electron chi connectivity index (χ0n) is 38.6. The molecule has 0 bridgehead atoms. The van der Waals surface area contributed by atoms with Crippen LogP contribution in [0.4, 0.5) is 59.7 Å². The first-order valence-corrected chi connectivity index (χ1v) is 22.0. The molecule has 14 nitrogen and oxygen atoms in total. The fourth-order valence-electron chi connectivity index (χ4n) is 7.18. The number of fused-ring (bicyclic) bond motifs is 2. The van der Waals surface area contributed by atoms with E-state index in [1.807, 2.05) is 0 Å². The number of halogens is 11. The van der Waals surface area contributed by atoms with Crippen LogP contribution in [0.2, 0.25) is 0 Å². The van der Waals surface area contributed by atoms with Crippen molar-refractivity contribution in [2.45, 2.75) is 51.6 Å². The summed E-state index contributed by atoms with van der Waals surface area (Å²) in [6, 6.07) is 22.5. The molecule has 4 N–H and O–H groups in total. The third-order valence-corrected chi connectivity index (χ3v) is 10.6. The molecule has 0 atom stereocenters. The van der Waals surface area contributed by atoms with Crippen molar-refractivity contribution in [3.05, 3.63) is 143 Å². The maximum absolute atomic E-state index is 13.7. The van der Waals surface area contributed by atoms with E-state index in [-0.39, 0.29) is 57.1 Å². The highest BCUT2D eigenvalue weighted by Gasteiger charge is 2.29. The number of carbonyl (C=O) groups is 2. The molecule has 8 rings (SSSR count). The molecule has 0 saturated carbocycles. The molecule has 8 aromatic rings. The number of alkyl halides is 9. The smallest absolute Gasteiger partial charge is 0.390 e. The van der Waals surface area contributed by atoms with Gasteiger partial charge in [0.2, 0.25) is 11.8 Å². The topological polar surface area (TPSA) is 169 Å². The van der Waals surface area contributed by atoms with Gasteiger partial charge in [0.1, 0.15) is 23.1 Å². The van der Waals surface area contributed by atoms with E-state index in [1.54, 1.807) is 32.0 Å². The third-order valence-electron chi connectivity index (χ3n) is 10.6. The molecule has 388 valence electrons. The Labute approximate surface area is 411 Å². The molecular weight excluding hydrogens is 1000 g/mol. The summed E-state index contributed by atoms with van der Waals surface area (Å²) in [5.41, 5.74) is 4.02. The zero-order valence-corrected chi connectivity index (χ0v) is 38.6. The van der Waals surface area contributed by atoms with Gasteiger partial charge in [0.25, 0.3) is 5.91 Å². The van der Waals surface area contributed by atoms with Crippen molar-refractivity contribution >= 4 is 34.5 Å². The summed E-state index contributed by atoms with van der Waals surface area (Å²) < 4.78 is 155. The molecule has 0 aliphatic heterocycles. The van der Waals surface area contributed by atoms with E-state index in [2.05, 4.69) is 36.1 Å². The summed E-state index contributed by atoms with van der Waals surface area (Å²) in [6.45, 7) is 1.81. The van der Waals surface area contributed by atoms with Gasteiger partial charge in [-0.2, -0.15) is 39.5 Å². The third kappa shape index (κ3) is 14.1. The molecule has 74 heavy (non-hydrogen) atoms. The Hall–Kier alpha value is -8.51. The summed E-state index contributed by atoms with van der Waals surface area (Å²) >= 11 is 0. The molecule has 4 aromatic carbocycles. The summed E-state index contributed by atoms with van der Waals surface area (Å²) in [5, 5.41) is 25.6. The van der Waals surface area contributed by atoms with Crippen LogP contribution in [0.3, 0.4) is 0 Å². The number of amides is 1. The van der Waals surface area contributed by atoms with Crippen LogP contribution in [0, 0.1) is 25.5 Å². The highest BCUT2D eigenvalue weighted by Crippen LogP contribution is 2.33. The average Bonchev–Trinajstić information content (AvgIpc) is 3.93. The lowest BCUT2D eigenvalue weighted by Gasteiger charge is -2.13. The van der Waals surface area contributed by atoms with Gasteiger partial charge in [-0.15, -0.1) is 10.2 Å². The number of nitrogens with one attached hydrogen (secondary N) is 3. The number of nitrogens with zero attached hydrogens (tertiary/aromatic N) is 6. The first-order valence-electron chi connectivity index (χ1n) is 22.0. The number of hydrogen-bond donors (Lipinski definition) is 4. The SMILES string of the molecule is Cc1cc(-c2cnc3c(NCCC(F)(F)F)cc(Oc4cccc(F)c4)nn23)ccc1C(=O)NCCC(F)(F)F.Cc1cc(-c2cnc3c(NCCC(F)(F)F)cc(Oc4cccc(F)c4)nn23)ccc1C(=O)O. The minimum absolute atomic E-state index is 0.00858. The van der Waals surface area contributed by atoms with E-state index in [4.69, 9.17) is 9.47 Å². The van der Waals surface area contributed by atoms with E-state index in [9.17, 15) is 63.0 Å². The van der Waals surface area contributed by atoms with E-state index in [0.717, 1.165) is 12.1 Å². The number of carboxylic acids is 1. The van der Waals surface area contributed by atoms with Crippen molar-refractivity contribution in [2.24, 2.45) is 0 Å². The highest BCUT2D eigenvalue weighted by molar-refractivity contribution is 5.96. The second-order valence-corrected chi connectivity index (χ2v) is 16.2. The number of aryl methyl sites for hydroxylation is 2. The van der Waals surface area contributed by atoms with Crippen LogP contribution < -0.4 is 25.4 Å². The van der Waals surface area contributed by atoms with E-state index in [0.29, 0.717) is 33.6 Å². The van der Waals surface area contributed by atoms with Crippen molar-refractivity contribution in [1.82, 2.24) is 34.5 Å². The molecule has 25 heteroatoms. The van der Waals surface area contributed by atoms with Gasteiger partial charge in [-0.3, -0.25) is 4.79 Å². The maximum atomic E-state index is 13.7. The predicted octanol–water partition coefficient (Wildman–Crippen LogP) is 12.4. The number of rotatable bonds is 16. The van der Waals surface area contributed by atoms with E-state index in [1.165, 1.54) is 88.2 Å². The molecule has 0 unspecified atom stereocenters. The number of aromatic nitrogens is 6. The van der Waals surface area contributed by atoms with Gasteiger partial charge < -0.3 is 30.5 Å². The van der Waals surface area contributed by atoms with Gasteiger partial charge in [-0.25, -0.2) is 32.6 Å². The second kappa shape index (κ2) is 22.1. The molecule has 4 heterocycles. The van der Waals surface area contributed by atoms with Gasteiger partial charge in [-0.1, -0.05) is 24.3 Å². The van der Waals surface area contributed by atoms with Gasteiger partial charge in [0.15, 0.2) is 11.3 Å². The lowest BCUT2D eigenvalue weighted by molar-refractivity contribution is -0.133. The Kier molecular flexibility index (Phi) is 15.9. The average molecular weight is 1040 g/mol. The van der Waals surface area contributed by atoms with E-state index >= 15 is 0 Å². The lowest BCUT2D eigenvalue weighted by atomic mass is 10.0. The fourth-order valence-corrected chi connectivity index (χ4v) is 7.18. The molecule has 0 aliphatic rings. The van der Waals surface area contributed by atoms with Gasteiger partial charge >= 0.3 is 24.5 Å². The van der Waals surface area contributed by atoms with Crippen molar-refractivity contribution in [2.75, 3.05) is 30.3 Å². The molecular formula is C49H40F11N9O5. The van der Waals surface area contributed by atoms with Gasteiger partial charge in [0.05, 0.1) is 60.0 Å². The number of benzene rings is 4. The van der Waals surface area contributed by atoms with Crippen LogP contribution in [-0.4, -0.2) is 84.3 Å². The number of carbonyl (C=O) groups excluding carboxylic acids is 1. The number of anilines is 2. The Morgan fingerprint density at radius 2 is 0.986 bits per heavy atom. The Morgan fingerprint density at radius 1 is 0.568 bits per heavy atom. The number of carboxylic acid groups (broad SMARTS) is 1. The number of ether oxygens (including phenoxy) is 2. The van der Waals surface area contributed by atoms with Crippen molar-refractivity contribution in [3.63, 3.8) is 0 Å². The number of hydrogen-bond acceptors (Lipinski definition) is 10. The Morgan fingerprint density at radius 3 is 1.38 bits per heavy atom. The van der Waals surface area contributed by atoms with Crippen molar-refractivity contribution in [3.8, 4) is 45.8 Å². The minimum atomic E-state index is -4.40. The predicted molar refractivity (Wildman–Crippen MR) is 248 cm³/mol. The van der Waals surface area contributed by atoms with Crippen LogP contribution in [-0.2, 0) is 0 Å². The highest BCUT2D eigenvalue weighted by atomic mass is 19.4. The number of imidazole rings is 2. The lowest BCUT2D eigenvalue weighted by Crippen LogP contribution is -2.28. The normalized spacial score (nSPS) is 11.8. The zero-order chi connectivity index (χ0) is 53.5. The van der Waals surface area contributed by atoms with Crippen LogP contribution in [0.15, 0.2) is 109 Å². The molecule has 4 aromatic heterocycles. The molecule has 0 aliphatic carbocycles. The van der Waals surface area contributed by atoms with Crippen LogP contribution >= 0.6 is 0 Å². The van der Waals surface area contributed by atoms with E-state index < -0.39 is 80.9 Å². The van der Waals surface area contributed by atoms with Crippen molar-refractivity contribution in [1.29, 1.82) is 0 Å². The molecule has 0 saturated heterocycles. The monoisotopic (exact) mass is 1040 g/mol. The molecule has 0 fully saturated rings. The maximum Gasteiger partial charge on any atom is 0.390 e. The molecule has 1 amide bonds. The van der Waals surface area contributed by atoms with Gasteiger partial charge in [-0.05, 0) is 73.5 Å². The fraction of sp³-hybridized carbons (Fsp3) is 0.224. The largest absolute Gasteiger partial charge is 0.478 e. The first kappa shape index (κ1) is 53.3. The quantitative estimate of drug-likeness (QED) is 0.0680. The summed E-state index contributed by atoms with van der Waals surface area (Å²) in [7, 11) is 0. The molecule has 0 spiro atoms. The Balaban J connectivity index is 0.000000219. The molecule has 0 radical (unpaired) electrons. The summed E-state index contributed by atoms with van der Waals surface area (Å²) in [4.78, 5) is 32.3. The number of aromatic carboxylic acids is 1. The Bertz CT molecular complexity index is 3320. The minimum Gasteiger partial charge on any atom is -0.478 e. The van der Waals surface area contributed by atoms with Crippen molar-refractivity contribution < 1.29 is 72.5 Å². The van der Waals surface area contributed by atoms with Crippen LogP contribution in [0.1, 0.15) is 51.1 Å².